The molecular weight excluding hydrogens is 694 g/mol. The molecular formula is C49H39F3OS. The molecule has 0 heterocycles. The van der Waals surface area contributed by atoms with Crippen LogP contribution in [0.1, 0.15) is 13.8 Å². The molecule has 0 aliphatic heterocycles. The summed E-state index contributed by atoms with van der Waals surface area (Å²) in [5, 5.41) is 6.55. The summed E-state index contributed by atoms with van der Waals surface area (Å²) in [5.74, 6) is 0.163. The van der Waals surface area contributed by atoms with Crippen LogP contribution in [0.3, 0.4) is 0 Å². The van der Waals surface area contributed by atoms with E-state index in [-0.39, 0.29) is 5.75 Å². The van der Waals surface area contributed by atoms with Crippen molar-refractivity contribution in [3.8, 4) is 61.4 Å². The van der Waals surface area contributed by atoms with Gasteiger partial charge < -0.3 is 4.18 Å². The largest absolute Gasteiger partial charge is 0.479 e. The fraction of sp³-hybridized carbons (Fsp3) is 0.0612. The molecule has 9 rings (SSSR count). The van der Waals surface area contributed by atoms with Gasteiger partial charge in [-0.25, -0.2) is 0 Å². The summed E-state index contributed by atoms with van der Waals surface area (Å²) in [6, 6.07) is 52.3. The molecule has 0 saturated carbocycles. The Morgan fingerprint density at radius 1 is 0.444 bits per heavy atom. The number of hydrogen-bond acceptors (Lipinski definition) is 2. The molecule has 0 fully saturated rings. The second-order valence-corrected chi connectivity index (χ2v) is 12.8. The first-order valence-electron chi connectivity index (χ1n) is 17.7. The molecule has 0 unspecified atom stereocenters. The van der Waals surface area contributed by atoms with Crippen LogP contribution >= 0.6 is 12.0 Å². The molecule has 1 nitrogen and oxygen atoms in total. The van der Waals surface area contributed by atoms with Crippen molar-refractivity contribution >= 4 is 44.4 Å². The minimum Gasteiger partial charge on any atom is -0.417 e. The van der Waals surface area contributed by atoms with Gasteiger partial charge in [0.05, 0.1) is 0 Å². The van der Waals surface area contributed by atoms with Gasteiger partial charge in [-0.05, 0) is 106 Å². The van der Waals surface area contributed by atoms with Gasteiger partial charge in [0, 0.05) is 0 Å². The van der Waals surface area contributed by atoms with Gasteiger partial charge in [0.2, 0.25) is 0 Å². The van der Waals surface area contributed by atoms with Crippen LogP contribution in [0.25, 0.3) is 88.0 Å². The molecule has 0 saturated heterocycles. The smallest absolute Gasteiger partial charge is 0.417 e. The van der Waals surface area contributed by atoms with E-state index in [4.69, 9.17) is 4.18 Å². The van der Waals surface area contributed by atoms with Gasteiger partial charge >= 0.3 is 5.51 Å². The summed E-state index contributed by atoms with van der Waals surface area (Å²) >= 11 is -0.500. The zero-order valence-corrected chi connectivity index (χ0v) is 31.0. The van der Waals surface area contributed by atoms with E-state index in [2.05, 4.69) is 148 Å². The summed E-state index contributed by atoms with van der Waals surface area (Å²) in [6.07, 6.45) is 0. The molecule has 0 aromatic heterocycles. The van der Waals surface area contributed by atoms with Crippen LogP contribution in [-0.2, 0) is 0 Å². The van der Waals surface area contributed by atoms with Crippen molar-refractivity contribution in [2.75, 3.05) is 0 Å². The summed E-state index contributed by atoms with van der Waals surface area (Å²) < 4.78 is 43.0. The summed E-state index contributed by atoms with van der Waals surface area (Å²) in [7, 11) is 0. The lowest BCUT2D eigenvalue weighted by Gasteiger charge is -2.20. The average molecular weight is 733 g/mol. The molecule has 0 amide bonds. The molecule has 0 atom stereocenters. The minimum atomic E-state index is -4.47. The fourth-order valence-electron chi connectivity index (χ4n) is 7.40. The van der Waals surface area contributed by atoms with Crippen LogP contribution in [0.5, 0.6) is 5.75 Å². The summed E-state index contributed by atoms with van der Waals surface area (Å²) in [6.45, 7) is 16.0. The Hall–Kier alpha value is -6.04. The Kier molecular flexibility index (Phi) is 11.4. The minimum absolute atomic E-state index is 0.163. The maximum Gasteiger partial charge on any atom is 0.479 e. The normalized spacial score (nSPS) is 11.1. The Morgan fingerprint density at radius 2 is 0.926 bits per heavy atom. The molecule has 0 N–H and O–H groups in total. The Labute approximate surface area is 319 Å². The van der Waals surface area contributed by atoms with Crippen molar-refractivity contribution in [3.05, 3.63) is 178 Å². The van der Waals surface area contributed by atoms with Crippen LogP contribution in [0.4, 0.5) is 13.2 Å². The third-order valence-corrected chi connectivity index (χ3v) is 9.74. The zero-order valence-electron chi connectivity index (χ0n) is 30.2. The van der Waals surface area contributed by atoms with Crippen LogP contribution in [0.15, 0.2) is 178 Å². The van der Waals surface area contributed by atoms with E-state index in [0.717, 1.165) is 27.3 Å². The van der Waals surface area contributed by atoms with E-state index < -0.39 is 17.6 Å². The van der Waals surface area contributed by atoms with Gasteiger partial charge in [0.1, 0.15) is 5.75 Å². The monoisotopic (exact) mass is 732 g/mol. The van der Waals surface area contributed by atoms with Crippen molar-refractivity contribution in [2.45, 2.75) is 19.4 Å². The summed E-state index contributed by atoms with van der Waals surface area (Å²) in [5.41, 5.74) is 7.43. The van der Waals surface area contributed by atoms with E-state index in [1.165, 1.54) is 60.7 Å². The van der Waals surface area contributed by atoms with E-state index in [1.54, 1.807) is 12.1 Å². The molecule has 0 bridgehead atoms. The van der Waals surface area contributed by atoms with Crippen molar-refractivity contribution in [2.24, 2.45) is 0 Å². The molecule has 8 aromatic rings. The Morgan fingerprint density at radius 3 is 1.50 bits per heavy atom. The van der Waals surface area contributed by atoms with Crippen LogP contribution in [0.2, 0.25) is 0 Å². The molecule has 54 heavy (non-hydrogen) atoms. The van der Waals surface area contributed by atoms with Crippen LogP contribution in [0, 0.1) is 0 Å². The second kappa shape index (κ2) is 16.3. The van der Waals surface area contributed by atoms with Crippen molar-refractivity contribution in [1.29, 1.82) is 0 Å². The zero-order chi connectivity index (χ0) is 38.4. The lowest BCUT2D eigenvalue weighted by atomic mass is 9.82. The second-order valence-electron chi connectivity index (χ2n) is 12.0. The van der Waals surface area contributed by atoms with Crippen LogP contribution in [-0.4, -0.2) is 5.51 Å². The highest BCUT2D eigenvalue weighted by atomic mass is 32.2. The highest BCUT2D eigenvalue weighted by Gasteiger charge is 2.32. The van der Waals surface area contributed by atoms with Gasteiger partial charge in [-0.2, -0.15) is 13.2 Å². The Bertz CT molecular complexity index is 2480. The maximum atomic E-state index is 12.7. The standard InChI is InChI=1S/C43H25F3OS.C2H6.2C2H4/c44-43(45,46)48-47-31-21-20-28-24-30(19-18-29(28)25-31)32-22-23-37-40-33(32)16-9-17-36(40)41-38(26-10-3-1-4-11-26)34-14-7-8-15-35(34)39(42(37)41)27-12-5-2-6-13-27;3*1-2/h1-25H;1-2H3;2*1-2H2. The van der Waals surface area contributed by atoms with Gasteiger partial charge in [-0.3, -0.25) is 0 Å². The quantitative estimate of drug-likeness (QED) is 0.129. The van der Waals surface area contributed by atoms with E-state index in [1.807, 2.05) is 32.0 Å². The van der Waals surface area contributed by atoms with Crippen molar-refractivity contribution < 1.29 is 17.4 Å². The topological polar surface area (TPSA) is 9.23 Å². The number of rotatable bonds is 5. The van der Waals surface area contributed by atoms with Crippen LogP contribution < -0.4 is 4.18 Å². The summed E-state index contributed by atoms with van der Waals surface area (Å²) in [4.78, 5) is 0. The van der Waals surface area contributed by atoms with Gasteiger partial charge in [0.25, 0.3) is 0 Å². The highest BCUT2D eigenvalue weighted by Crippen LogP contribution is 2.58. The number of benzene rings is 8. The average Bonchev–Trinajstić information content (AvgIpc) is 3.56. The maximum absolute atomic E-state index is 12.7. The molecule has 1 aliphatic carbocycles. The molecule has 268 valence electrons. The number of fused-ring (bicyclic) bond motifs is 5. The first kappa shape index (κ1) is 37.7. The van der Waals surface area contributed by atoms with E-state index in [9.17, 15) is 13.2 Å². The third kappa shape index (κ3) is 6.91. The Balaban J connectivity index is 0.000000792. The lowest BCUT2D eigenvalue weighted by Crippen LogP contribution is -2.02. The fourth-order valence-corrected chi connectivity index (χ4v) is 7.69. The predicted molar refractivity (Wildman–Crippen MR) is 228 cm³/mol. The number of halogens is 3. The molecule has 0 spiro atoms. The molecule has 1 aliphatic rings. The highest BCUT2D eigenvalue weighted by molar-refractivity contribution is 7.95. The SMILES string of the molecule is C=C.C=C.CC.FC(F)(F)SOc1ccc2cc(-c3ccc4c5c(cccc35)-c3c-4c(-c4ccccc4)c4ccccc4c3-c3ccccc3)ccc2c1. The van der Waals surface area contributed by atoms with Crippen molar-refractivity contribution in [1.82, 2.24) is 0 Å². The van der Waals surface area contributed by atoms with E-state index >= 15 is 0 Å². The predicted octanol–water partition coefficient (Wildman–Crippen LogP) is 16.0. The molecule has 8 aromatic carbocycles. The van der Waals surface area contributed by atoms with Crippen molar-refractivity contribution in [3.63, 3.8) is 0 Å². The number of hydrogen-bond donors (Lipinski definition) is 0. The lowest BCUT2D eigenvalue weighted by molar-refractivity contribution is -0.0369. The molecule has 5 heteroatoms. The van der Waals surface area contributed by atoms with Gasteiger partial charge in [-0.15, -0.1) is 26.3 Å². The van der Waals surface area contributed by atoms with Gasteiger partial charge in [-0.1, -0.05) is 147 Å². The first-order valence-corrected chi connectivity index (χ1v) is 18.4. The van der Waals surface area contributed by atoms with Gasteiger partial charge in [0.15, 0.2) is 12.0 Å². The molecule has 0 radical (unpaired) electrons. The first-order chi connectivity index (χ1) is 26.4. The number of alkyl halides is 3. The van der Waals surface area contributed by atoms with E-state index in [0.29, 0.717) is 0 Å². The third-order valence-electron chi connectivity index (χ3n) is 9.28.